The normalized spacial score (nSPS) is 16.5. The number of methoxy groups -OCH3 is 1. The zero-order valence-corrected chi connectivity index (χ0v) is 17.0. The van der Waals surface area contributed by atoms with Gasteiger partial charge in [-0.2, -0.15) is 0 Å². The molecular weight excluding hydrogens is 368 g/mol. The Morgan fingerprint density at radius 2 is 2.10 bits per heavy atom. The molecule has 3 N–H and O–H groups in total. The van der Waals surface area contributed by atoms with Crippen LogP contribution in [0.1, 0.15) is 48.0 Å². The van der Waals surface area contributed by atoms with Crippen LogP contribution in [0, 0.1) is 5.92 Å². The monoisotopic (exact) mass is 398 g/mol. The van der Waals surface area contributed by atoms with Crippen molar-refractivity contribution in [1.82, 2.24) is 5.32 Å². The minimum Gasteiger partial charge on any atom is -0.494 e. The summed E-state index contributed by atoms with van der Waals surface area (Å²) in [6, 6.07) is 9.46. The van der Waals surface area contributed by atoms with Crippen LogP contribution in [-0.4, -0.2) is 38.7 Å². The molecule has 2 aromatic carbocycles. The van der Waals surface area contributed by atoms with Gasteiger partial charge in [-0.1, -0.05) is 12.1 Å². The summed E-state index contributed by atoms with van der Waals surface area (Å²) in [7, 11) is 1.35. The van der Waals surface area contributed by atoms with Crippen LogP contribution >= 0.6 is 0 Å². The van der Waals surface area contributed by atoms with E-state index in [0.717, 1.165) is 47.5 Å². The molecule has 29 heavy (non-hydrogen) atoms. The molecule has 1 saturated heterocycles. The van der Waals surface area contributed by atoms with Crippen LogP contribution < -0.4 is 15.8 Å². The number of amides is 1. The summed E-state index contributed by atoms with van der Waals surface area (Å²) in [6.07, 6.45) is 5.36. The number of benzene rings is 2. The number of piperidine rings is 1. The highest BCUT2D eigenvalue weighted by Crippen LogP contribution is 2.28. The van der Waals surface area contributed by atoms with Crippen molar-refractivity contribution in [3.63, 3.8) is 0 Å². The molecule has 0 aromatic heterocycles. The molecule has 0 radical (unpaired) electrons. The molecule has 6 nitrogen and oxygen atoms in total. The van der Waals surface area contributed by atoms with Gasteiger partial charge in [-0.15, -0.1) is 0 Å². The van der Waals surface area contributed by atoms with E-state index in [4.69, 9.17) is 15.2 Å². The van der Waals surface area contributed by atoms with Gasteiger partial charge in [0.1, 0.15) is 5.75 Å². The van der Waals surface area contributed by atoms with E-state index in [2.05, 4.69) is 5.32 Å². The second kappa shape index (κ2) is 10.3. The third-order valence-corrected chi connectivity index (χ3v) is 5.55. The molecule has 6 heteroatoms. The van der Waals surface area contributed by atoms with Crippen molar-refractivity contribution in [2.24, 2.45) is 11.7 Å². The quantitative estimate of drug-likeness (QED) is 0.500. The molecule has 2 aromatic rings. The van der Waals surface area contributed by atoms with Gasteiger partial charge in [-0.25, -0.2) is 4.79 Å². The molecule has 0 bridgehead atoms. The van der Waals surface area contributed by atoms with Crippen molar-refractivity contribution >= 4 is 22.6 Å². The number of primary amides is 1. The molecule has 156 valence electrons. The minimum atomic E-state index is -0.413. The van der Waals surface area contributed by atoms with E-state index >= 15 is 0 Å². The van der Waals surface area contributed by atoms with Gasteiger partial charge in [0.15, 0.2) is 0 Å². The highest BCUT2D eigenvalue weighted by Gasteiger charge is 2.16. The Morgan fingerprint density at radius 3 is 2.83 bits per heavy atom. The first kappa shape index (κ1) is 21.1. The highest BCUT2D eigenvalue weighted by molar-refractivity contribution is 5.99. The summed E-state index contributed by atoms with van der Waals surface area (Å²) in [5, 5.41) is 5.33. The predicted molar refractivity (Wildman–Crippen MR) is 113 cm³/mol. The van der Waals surface area contributed by atoms with E-state index in [9.17, 15) is 9.59 Å². The highest BCUT2D eigenvalue weighted by atomic mass is 16.5. The summed E-state index contributed by atoms with van der Waals surface area (Å²) in [6.45, 7) is 2.95. The largest absolute Gasteiger partial charge is 0.494 e. The van der Waals surface area contributed by atoms with Crippen LogP contribution in [-0.2, 0) is 16.0 Å². The lowest BCUT2D eigenvalue weighted by atomic mass is 9.95. The van der Waals surface area contributed by atoms with Gasteiger partial charge in [0.2, 0.25) is 5.91 Å². The summed E-state index contributed by atoms with van der Waals surface area (Å²) in [5.41, 5.74) is 6.56. The number of hydrogen-bond acceptors (Lipinski definition) is 5. The van der Waals surface area contributed by atoms with Crippen molar-refractivity contribution in [2.45, 2.75) is 38.5 Å². The van der Waals surface area contributed by atoms with E-state index in [1.807, 2.05) is 24.3 Å². The summed E-state index contributed by atoms with van der Waals surface area (Å²) < 4.78 is 10.8. The van der Waals surface area contributed by atoms with Crippen molar-refractivity contribution in [3.05, 3.63) is 41.5 Å². The third-order valence-electron chi connectivity index (χ3n) is 5.55. The van der Waals surface area contributed by atoms with Crippen molar-refractivity contribution < 1.29 is 19.1 Å². The summed E-state index contributed by atoms with van der Waals surface area (Å²) >= 11 is 0. The first-order chi connectivity index (χ1) is 14.1. The number of aryl methyl sites for hydroxylation is 1. The average molecular weight is 399 g/mol. The van der Waals surface area contributed by atoms with Crippen LogP contribution in [0.15, 0.2) is 30.3 Å². The van der Waals surface area contributed by atoms with Gasteiger partial charge in [-0.05, 0) is 85.6 Å². The lowest BCUT2D eigenvalue weighted by Crippen LogP contribution is -2.29. The number of esters is 1. The fourth-order valence-electron chi connectivity index (χ4n) is 4.01. The van der Waals surface area contributed by atoms with Crippen molar-refractivity contribution in [2.75, 3.05) is 26.8 Å². The van der Waals surface area contributed by atoms with Crippen LogP contribution in [0.4, 0.5) is 0 Å². The maximum atomic E-state index is 12.1. The third kappa shape index (κ3) is 5.70. The van der Waals surface area contributed by atoms with Gasteiger partial charge in [-0.3, -0.25) is 4.79 Å². The predicted octanol–water partition coefficient (Wildman–Crippen LogP) is 3.20. The lowest BCUT2D eigenvalue weighted by molar-refractivity contribution is -0.117. The van der Waals surface area contributed by atoms with Crippen LogP contribution in [0.5, 0.6) is 5.75 Å². The number of hydrogen-bond donors (Lipinski definition) is 2. The molecule has 0 aliphatic carbocycles. The van der Waals surface area contributed by atoms with E-state index < -0.39 is 11.9 Å². The van der Waals surface area contributed by atoms with E-state index in [1.54, 1.807) is 6.07 Å². The first-order valence-corrected chi connectivity index (χ1v) is 10.3. The van der Waals surface area contributed by atoms with Gasteiger partial charge < -0.3 is 20.5 Å². The number of carbonyl (C=O) groups excluding carboxylic acids is 2. The SMILES string of the molecule is COC(=O)c1ccc2cc(OCCCC3CCCNC3)ccc2c1CCC(N)=O. The molecule has 1 heterocycles. The average Bonchev–Trinajstić information content (AvgIpc) is 2.74. The van der Waals surface area contributed by atoms with Gasteiger partial charge in [0, 0.05) is 6.42 Å². The summed E-state index contributed by atoms with van der Waals surface area (Å²) in [4.78, 5) is 23.4. The van der Waals surface area contributed by atoms with E-state index in [1.165, 1.54) is 26.4 Å². The van der Waals surface area contributed by atoms with Crippen LogP contribution in [0.3, 0.4) is 0 Å². The number of ether oxygens (including phenoxy) is 2. The first-order valence-electron chi connectivity index (χ1n) is 10.3. The Hall–Kier alpha value is -2.60. The molecule has 1 aliphatic rings. The van der Waals surface area contributed by atoms with Crippen molar-refractivity contribution in [3.8, 4) is 5.75 Å². The van der Waals surface area contributed by atoms with Crippen LogP contribution in [0.25, 0.3) is 10.8 Å². The Kier molecular flexibility index (Phi) is 7.47. The van der Waals surface area contributed by atoms with Gasteiger partial charge >= 0.3 is 5.97 Å². The molecule has 1 aliphatic heterocycles. The standard InChI is InChI=1S/C23H30N2O4/c1-28-23(27)21-8-6-17-14-18(7-9-19(17)20(21)10-11-22(24)26)29-13-3-5-16-4-2-12-25-15-16/h6-9,14,16,25H,2-5,10-13,15H2,1H3,(H2,24,26). The molecule has 1 unspecified atom stereocenters. The lowest BCUT2D eigenvalue weighted by Gasteiger charge is -2.22. The fourth-order valence-corrected chi connectivity index (χ4v) is 4.01. The zero-order valence-electron chi connectivity index (χ0n) is 17.0. The van der Waals surface area contributed by atoms with Gasteiger partial charge in [0.25, 0.3) is 0 Å². The summed E-state index contributed by atoms with van der Waals surface area (Å²) in [5.74, 6) is 0.759. The molecule has 0 saturated carbocycles. The maximum Gasteiger partial charge on any atom is 0.338 e. The second-order valence-corrected chi connectivity index (χ2v) is 7.64. The topological polar surface area (TPSA) is 90.7 Å². The second-order valence-electron chi connectivity index (χ2n) is 7.64. The molecule has 1 amide bonds. The molecular formula is C23H30N2O4. The molecule has 1 fully saturated rings. The van der Waals surface area contributed by atoms with E-state index in [0.29, 0.717) is 18.6 Å². The Balaban J connectivity index is 1.69. The molecule has 0 spiro atoms. The number of nitrogens with two attached hydrogens (primary N) is 1. The number of carbonyl (C=O) groups is 2. The smallest absolute Gasteiger partial charge is 0.338 e. The number of rotatable bonds is 9. The molecule has 3 rings (SSSR count). The number of fused-ring (bicyclic) bond motifs is 1. The minimum absolute atomic E-state index is 0.178. The fraction of sp³-hybridized carbons (Fsp3) is 0.478. The maximum absolute atomic E-state index is 12.1. The van der Waals surface area contributed by atoms with E-state index in [-0.39, 0.29) is 6.42 Å². The van der Waals surface area contributed by atoms with Gasteiger partial charge in [0.05, 0.1) is 19.3 Å². The Bertz CT molecular complexity index is 859. The zero-order chi connectivity index (χ0) is 20.6. The number of nitrogens with one attached hydrogen (secondary N) is 1. The Morgan fingerprint density at radius 1 is 1.24 bits per heavy atom. The molecule has 1 atom stereocenters. The van der Waals surface area contributed by atoms with Crippen molar-refractivity contribution in [1.29, 1.82) is 0 Å². The Labute approximate surface area is 171 Å². The van der Waals surface area contributed by atoms with Crippen LogP contribution in [0.2, 0.25) is 0 Å².